The number of pyridine rings is 1. The van der Waals surface area contributed by atoms with Crippen molar-refractivity contribution in [2.75, 3.05) is 19.1 Å². The first-order valence-electron chi connectivity index (χ1n) is 6.10. The van der Waals surface area contributed by atoms with Gasteiger partial charge in [0.25, 0.3) is 0 Å². The third-order valence-electron chi connectivity index (χ3n) is 3.07. The number of carbonyl (C=O) groups is 1. The van der Waals surface area contributed by atoms with Crippen molar-refractivity contribution in [1.29, 1.82) is 0 Å². The van der Waals surface area contributed by atoms with Crippen molar-refractivity contribution in [1.82, 2.24) is 4.98 Å². The number of rotatable bonds is 4. The van der Waals surface area contributed by atoms with Crippen LogP contribution in [0, 0.1) is 6.92 Å². The first kappa shape index (κ1) is 13.9. The lowest BCUT2D eigenvalue weighted by Gasteiger charge is -2.21. The Labute approximate surface area is 117 Å². The van der Waals surface area contributed by atoms with E-state index >= 15 is 0 Å². The van der Waals surface area contributed by atoms with Crippen LogP contribution in [0.4, 0.5) is 11.4 Å². The van der Waals surface area contributed by atoms with Crippen molar-refractivity contribution in [3.63, 3.8) is 0 Å². The first-order chi connectivity index (χ1) is 9.52. The maximum atomic E-state index is 11.3. The molecule has 1 N–H and O–H groups in total. The normalized spacial score (nSPS) is 10.2. The summed E-state index contributed by atoms with van der Waals surface area (Å²) in [7, 11) is 3.43. The Hall–Kier alpha value is -2.56. The number of aromatic carboxylic acids is 1. The van der Waals surface area contributed by atoms with Crippen molar-refractivity contribution in [2.45, 2.75) is 6.92 Å². The van der Waals surface area contributed by atoms with Gasteiger partial charge >= 0.3 is 5.97 Å². The van der Waals surface area contributed by atoms with Gasteiger partial charge < -0.3 is 14.7 Å². The zero-order valence-electron chi connectivity index (χ0n) is 11.6. The molecule has 0 aliphatic heterocycles. The lowest BCUT2D eigenvalue weighted by atomic mass is 10.1. The van der Waals surface area contributed by atoms with Gasteiger partial charge in [-0.05, 0) is 37.3 Å². The summed E-state index contributed by atoms with van der Waals surface area (Å²) < 4.78 is 5.11. The topological polar surface area (TPSA) is 62.7 Å². The number of hydrogen-bond donors (Lipinski definition) is 1. The number of carboxylic acid groups (broad SMARTS) is 1. The molecule has 1 aromatic heterocycles. The molecule has 0 fully saturated rings. The van der Waals surface area contributed by atoms with Crippen molar-refractivity contribution in [2.24, 2.45) is 0 Å². The van der Waals surface area contributed by atoms with Gasteiger partial charge in [0.05, 0.1) is 12.8 Å². The predicted molar refractivity (Wildman–Crippen MR) is 77.0 cm³/mol. The third kappa shape index (κ3) is 2.71. The van der Waals surface area contributed by atoms with Crippen LogP contribution in [0.3, 0.4) is 0 Å². The van der Waals surface area contributed by atoms with E-state index in [1.807, 2.05) is 43.1 Å². The van der Waals surface area contributed by atoms with Crippen LogP contribution >= 0.6 is 0 Å². The number of aromatic nitrogens is 1. The van der Waals surface area contributed by atoms with Crippen LogP contribution in [0.1, 0.15) is 16.1 Å². The average molecular weight is 272 g/mol. The smallest absolute Gasteiger partial charge is 0.339 e. The summed E-state index contributed by atoms with van der Waals surface area (Å²) in [6.45, 7) is 1.83. The molecule has 1 aromatic carbocycles. The molecule has 104 valence electrons. The summed E-state index contributed by atoms with van der Waals surface area (Å²) >= 11 is 0. The highest BCUT2D eigenvalue weighted by Gasteiger charge is 2.15. The molecule has 0 amide bonds. The van der Waals surface area contributed by atoms with Gasteiger partial charge in [0.2, 0.25) is 0 Å². The molecule has 0 aliphatic carbocycles. The van der Waals surface area contributed by atoms with Crippen molar-refractivity contribution in [3.8, 4) is 5.75 Å². The van der Waals surface area contributed by atoms with Gasteiger partial charge in [-0.1, -0.05) is 0 Å². The monoisotopic (exact) mass is 272 g/mol. The fraction of sp³-hybridized carbons (Fsp3) is 0.200. The number of anilines is 2. The Morgan fingerprint density at radius 1 is 1.30 bits per heavy atom. The zero-order chi connectivity index (χ0) is 14.7. The van der Waals surface area contributed by atoms with Crippen LogP contribution in [0.25, 0.3) is 0 Å². The van der Waals surface area contributed by atoms with Crippen molar-refractivity contribution >= 4 is 17.3 Å². The van der Waals surface area contributed by atoms with Gasteiger partial charge in [-0.25, -0.2) is 4.79 Å². The highest BCUT2D eigenvalue weighted by atomic mass is 16.5. The molecule has 0 radical (unpaired) electrons. The molecule has 5 heteroatoms. The fourth-order valence-electron chi connectivity index (χ4n) is 1.93. The van der Waals surface area contributed by atoms with Crippen LogP contribution < -0.4 is 9.64 Å². The maximum absolute atomic E-state index is 11.3. The highest BCUT2D eigenvalue weighted by molar-refractivity contribution is 5.95. The summed E-state index contributed by atoms with van der Waals surface area (Å²) in [6, 6.07) is 9.18. The van der Waals surface area contributed by atoms with Crippen LogP contribution in [0.5, 0.6) is 5.75 Å². The summed E-state index contributed by atoms with van der Waals surface area (Å²) in [5.41, 5.74) is 2.42. The standard InChI is InChI=1S/C15H16N2O3/c1-10-8-14(13(9-16-10)15(18)19)17(2)11-4-6-12(20-3)7-5-11/h4-9H,1-3H3,(H,18,19). The molecule has 0 atom stereocenters. The van der Waals surface area contributed by atoms with E-state index in [2.05, 4.69) is 4.98 Å². The SMILES string of the molecule is COc1ccc(N(C)c2cc(C)ncc2C(=O)O)cc1. The van der Waals surface area contributed by atoms with E-state index in [-0.39, 0.29) is 5.56 Å². The lowest BCUT2D eigenvalue weighted by molar-refractivity contribution is 0.0697. The van der Waals surface area contributed by atoms with E-state index in [0.29, 0.717) is 5.69 Å². The predicted octanol–water partition coefficient (Wildman–Crippen LogP) is 2.86. The minimum Gasteiger partial charge on any atom is -0.497 e. The molecule has 5 nitrogen and oxygen atoms in total. The third-order valence-corrected chi connectivity index (χ3v) is 3.07. The second-order valence-electron chi connectivity index (χ2n) is 4.41. The number of carboxylic acids is 1. The van der Waals surface area contributed by atoms with Crippen LogP contribution in [-0.4, -0.2) is 30.2 Å². The lowest BCUT2D eigenvalue weighted by Crippen LogP contribution is -2.14. The van der Waals surface area contributed by atoms with Gasteiger partial charge in [0.15, 0.2) is 0 Å². The minimum atomic E-state index is -0.993. The number of nitrogens with zero attached hydrogens (tertiary/aromatic N) is 2. The quantitative estimate of drug-likeness (QED) is 0.927. The molecule has 0 unspecified atom stereocenters. The molecule has 0 saturated carbocycles. The van der Waals surface area contributed by atoms with E-state index in [9.17, 15) is 9.90 Å². The largest absolute Gasteiger partial charge is 0.497 e. The summed E-state index contributed by atoms with van der Waals surface area (Å²) in [5, 5.41) is 9.25. The Bertz CT molecular complexity index is 624. The van der Waals surface area contributed by atoms with E-state index in [1.165, 1.54) is 6.20 Å². The Balaban J connectivity index is 2.43. The molecule has 1 heterocycles. The molecule has 0 saturated heterocycles. The highest BCUT2D eigenvalue weighted by Crippen LogP contribution is 2.28. The second-order valence-corrected chi connectivity index (χ2v) is 4.41. The average Bonchev–Trinajstić information content (AvgIpc) is 2.46. The summed E-state index contributed by atoms with van der Waals surface area (Å²) in [5.74, 6) is -0.237. The fourth-order valence-corrected chi connectivity index (χ4v) is 1.93. The molecular weight excluding hydrogens is 256 g/mol. The Morgan fingerprint density at radius 3 is 2.50 bits per heavy atom. The van der Waals surface area contributed by atoms with Gasteiger partial charge in [-0.2, -0.15) is 0 Å². The zero-order valence-corrected chi connectivity index (χ0v) is 11.6. The van der Waals surface area contributed by atoms with Crippen molar-refractivity contribution in [3.05, 3.63) is 47.8 Å². The van der Waals surface area contributed by atoms with Gasteiger partial charge in [0, 0.05) is 24.6 Å². The number of aryl methyl sites for hydroxylation is 1. The molecule has 20 heavy (non-hydrogen) atoms. The number of methoxy groups -OCH3 is 1. The van der Waals surface area contributed by atoms with Gasteiger partial charge in [-0.15, -0.1) is 0 Å². The van der Waals surface area contributed by atoms with Crippen LogP contribution in [0.2, 0.25) is 0 Å². The number of ether oxygens (including phenoxy) is 1. The molecular formula is C15H16N2O3. The van der Waals surface area contributed by atoms with Crippen LogP contribution in [-0.2, 0) is 0 Å². The number of hydrogen-bond acceptors (Lipinski definition) is 4. The van der Waals surface area contributed by atoms with E-state index in [0.717, 1.165) is 17.1 Å². The molecule has 0 bridgehead atoms. The maximum Gasteiger partial charge on any atom is 0.339 e. The van der Waals surface area contributed by atoms with Crippen molar-refractivity contribution < 1.29 is 14.6 Å². The Kier molecular flexibility index (Phi) is 3.89. The first-order valence-corrected chi connectivity index (χ1v) is 6.10. The summed E-state index contributed by atoms with van der Waals surface area (Å²) in [6.07, 6.45) is 1.38. The van der Waals surface area contributed by atoms with Gasteiger partial charge in [-0.3, -0.25) is 4.98 Å². The molecule has 0 spiro atoms. The Morgan fingerprint density at radius 2 is 1.95 bits per heavy atom. The van der Waals surface area contributed by atoms with Crippen LogP contribution in [0.15, 0.2) is 36.5 Å². The van der Waals surface area contributed by atoms with E-state index in [4.69, 9.17) is 4.74 Å². The second kappa shape index (κ2) is 5.61. The molecule has 0 aliphatic rings. The summed E-state index contributed by atoms with van der Waals surface area (Å²) in [4.78, 5) is 17.1. The number of benzene rings is 1. The van der Waals surface area contributed by atoms with Gasteiger partial charge in [0.1, 0.15) is 11.3 Å². The molecule has 2 aromatic rings. The van der Waals surface area contributed by atoms with E-state index in [1.54, 1.807) is 13.2 Å². The van der Waals surface area contributed by atoms with E-state index < -0.39 is 5.97 Å². The minimum absolute atomic E-state index is 0.175. The molecule has 2 rings (SSSR count).